The first-order valence-corrected chi connectivity index (χ1v) is 2.18. The fourth-order valence-corrected chi connectivity index (χ4v) is 0.527. The SMILES string of the molecule is [H-].[Na+].c1cnsc1. The van der Waals surface area contributed by atoms with Crippen LogP contribution >= 0.6 is 11.5 Å². The van der Waals surface area contributed by atoms with Crippen LogP contribution < -0.4 is 29.6 Å². The number of hydrogen-bond donors (Lipinski definition) is 0. The molecule has 0 aliphatic carbocycles. The van der Waals surface area contributed by atoms with Gasteiger partial charge in [0.25, 0.3) is 0 Å². The second-order valence-corrected chi connectivity index (χ2v) is 1.38. The Hall–Kier alpha value is 0.630. The van der Waals surface area contributed by atoms with Gasteiger partial charge in [0.15, 0.2) is 0 Å². The van der Waals surface area contributed by atoms with Gasteiger partial charge in [0.1, 0.15) is 0 Å². The van der Waals surface area contributed by atoms with Crippen LogP contribution in [0.15, 0.2) is 17.6 Å². The number of nitrogens with zero attached hydrogens (tertiary/aromatic N) is 1. The van der Waals surface area contributed by atoms with Crippen molar-refractivity contribution in [3.8, 4) is 0 Å². The van der Waals surface area contributed by atoms with Crippen LogP contribution in [-0.2, 0) is 0 Å². The zero-order chi connectivity index (χ0) is 3.54. The predicted octanol–water partition coefficient (Wildman–Crippen LogP) is -1.74. The van der Waals surface area contributed by atoms with Crippen LogP contribution in [0.2, 0.25) is 0 Å². The summed E-state index contributed by atoms with van der Waals surface area (Å²) in [5, 5.41) is 1.93. The third kappa shape index (κ3) is 1.92. The largest absolute Gasteiger partial charge is 1.00 e. The van der Waals surface area contributed by atoms with E-state index in [0.29, 0.717) is 0 Å². The van der Waals surface area contributed by atoms with E-state index >= 15 is 0 Å². The quantitative estimate of drug-likeness (QED) is 0.360. The Morgan fingerprint density at radius 2 is 2.50 bits per heavy atom. The first-order valence-electron chi connectivity index (χ1n) is 1.34. The molecule has 0 saturated heterocycles. The van der Waals surface area contributed by atoms with Crippen molar-refractivity contribution in [3.05, 3.63) is 17.6 Å². The molecule has 0 fully saturated rings. The Bertz CT molecular complexity index is 71.4. The van der Waals surface area contributed by atoms with E-state index < -0.39 is 0 Å². The van der Waals surface area contributed by atoms with Gasteiger partial charge >= 0.3 is 29.6 Å². The van der Waals surface area contributed by atoms with Crippen LogP contribution in [0, 0.1) is 0 Å². The number of aromatic nitrogens is 1. The zero-order valence-electron chi connectivity index (χ0n) is 4.59. The van der Waals surface area contributed by atoms with Crippen molar-refractivity contribution in [1.29, 1.82) is 0 Å². The molecule has 1 nitrogen and oxygen atoms in total. The van der Waals surface area contributed by atoms with E-state index in [1.54, 1.807) is 6.20 Å². The van der Waals surface area contributed by atoms with Gasteiger partial charge in [0.2, 0.25) is 0 Å². The molecule has 1 aromatic rings. The summed E-state index contributed by atoms with van der Waals surface area (Å²) < 4.78 is 3.76. The van der Waals surface area contributed by atoms with Crippen molar-refractivity contribution >= 4 is 11.5 Å². The summed E-state index contributed by atoms with van der Waals surface area (Å²) in [5.74, 6) is 0. The molecule has 3 heteroatoms. The predicted molar refractivity (Wildman–Crippen MR) is 23.2 cm³/mol. The Balaban J connectivity index is 0. The summed E-state index contributed by atoms with van der Waals surface area (Å²) in [5.41, 5.74) is 0. The molecule has 0 radical (unpaired) electrons. The maximum atomic E-state index is 3.76. The van der Waals surface area contributed by atoms with E-state index in [2.05, 4.69) is 4.37 Å². The van der Waals surface area contributed by atoms with Crippen LogP contribution in [0.3, 0.4) is 0 Å². The van der Waals surface area contributed by atoms with Crippen LogP contribution in [0.5, 0.6) is 0 Å². The topological polar surface area (TPSA) is 12.9 Å². The van der Waals surface area contributed by atoms with Crippen molar-refractivity contribution in [2.24, 2.45) is 0 Å². The van der Waals surface area contributed by atoms with E-state index in [4.69, 9.17) is 0 Å². The monoisotopic (exact) mass is 109 g/mol. The van der Waals surface area contributed by atoms with E-state index in [1.165, 1.54) is 11.5 Å². The summed E-state index contributed by atoms with van der Waals surface area (Å²) in [6.45, 7) is 0. The summed E-state index contributed by atoms with van der Waals surface area (Å²) in [6, 6.07) is 1.91. The van der Waals surface area contributed by atoms with Crippen LogP contribution in [0.1, 0.15) is 1.43 Å². The van der Waals surface area contributed by atoms with Gasteiger partial charge in [0.05, 0.1) is 0 Å². The maximum Gasteiger partial charge on any atom is 1.00 e. The molecule has 0 spiro atoms. The summed E-state index contributed by atoms with van der Waals surface area (Å²) in [4.78, 5) is 0. The molecule has 0 aliphatic rings. The van der Waals surface area contributed by atoms with Gasteiger partial charge in [-0.15, -0.1) is 0 Å². The maximum absolute atomic E-state index is 3.76. The minimum atomic E-state index is 0. The molecule has 0 unspecified atom stereocenters. The van der Waals surface area contributed by atoms with Crippen molar-refractivity contribution in [3.63, 3.8) is 0 Å². The van der Waals surface area contributed by atoms with Gasteiger partial charge in [-0.05, 0) is 17.6 Å². The molecule has 6 heavy (non-hydrogen) atoms. The van der Waals surface area contributed by atoms with Crippen molar-refractivity contribution in [2.45, 2.75) is 0 Å². The van der Waals surface area contributed by atoms with E-state index in [-0.39, 0.29) is 31.0 Å². The molecule has 0 atom stereocenters. The normalized spacial score (nSPS) is 6.67. The van der Waals surface area contributed by atoms with E-state index in [1.807, 2.05) is 11.4 Å². The fourth-order valence-electron chi connectivity index (χ4n) is 0.176. The standard InChI is InChI=1S/C3H3NS.Na.H/c1-2-4-5-3-1;;/h1-3H;;/q;+1;-1. The molecule has 0 saturated carbocycles. The smallest absolute Gasteiger partial charge is 1.00 e. The van der Waals surface area contributed by atoms with Crippen LogP contribution in [-0.4, -0.2) is 4.37 Å². The Morgan fingerprint density at radius 1 is 1.67 bits per heavy atom. The van der Waals surface area contributed by atoms with Gasteiger partial charge in [-0.1, -0.05) is 0 Å². The minimum Gasteiger partial charge on any atom is -1.00 e. The molecule has 0 aromatic carbocycles. The molecule has 0 bridgehead atoms. The van der Waals surface area contributed by atoms with Gasteiger partial charge in [0, 0.05) is 11.6 Å². The third-order valence-corrected chi connectivity index (χ3v) is 0.869. The first kappa shape index (κ1) is 6.63. The molecule has 0 aliphatic heterocycles. The Morgan fingerprint density at radius 3 is 2.67 bits per heavy atom. The van der Waals surface area contributed by atoms with E-state index in [0.717, 1.165) is 0 Å². The van der Waals surface area contributed by atoms with Crippen LogP contribution in [0.4, 0.5) is 0 Å². The third-order valence-electron chi connectivity index (χ3n) is 0.347. The van der Waals surface area contributed by atoms with Crippen LogP contribution in [0.25, 0.3) is 0 Å². The average molecular weight is 109 g/mol. The molecule has 1 heterocycles. The Labute approximate surface area is 64.3 Å². The summed E-state index contributed by atoms with van der Waals surface area (Å²) in [7, 11) is 0. The van der Waals surface area contributed by atoms with Gasteiger partial charge < -0.3 is 1.43 Å². The molecule has 1 aromatic heterocycles. The van der Waals surface area contributed by atoms with Crippen molar-refractivity contribution in [2.75, 3.05) is 0 Å². The summed E-state index contributed by atoms with van der Waals surface area (Å²) >= 11 is 1.46. The molecule has 0 amide bonds. The fraction of sp³-hybridized carbons (Fsp3) is 0. The molecule has 0 N–H and O–H groups in total. The Kier molecular flexibility index (Phi) is 4.21. The number of hydrogen-bond acceptors (Lipinski definition) is 2. The zero-order valence-corrected chi connectivity index (χ0v) is 6.40. The van der Waals surface area contributed by atoms with Crippen molar-refractivity contribution < 1.29 is 31.0 Å². The van der Waals surface area contributed by atoms with E-state index in [9.17, 15) is 0 Å². The second kappa shape index (κ2) is 3.81. The number of rotatable bonds is 0. The minimum absolute atomic E-state index is 0. The van der Waals surface area contributed by atoms with Gasteiger partial charge in [-0.25, -0.2) is 4.37 Å². The van der Waals surface area contributed by atoms with Gasteiger partial charge in [-0.2, -0.15) is 0 Å². The average Bonchev–Trinajstić information content (AvgIpc) is 1.76. The molecule has 28 valence electrons. The molecular formula is C3H4NNaS. The first-order chi connectivity index (χ1) is 2.50. The molecule has 1 rings (SSSR count). The molecular weight excluding hydrogens is 105 g/mol. The summed E-state index contributed by atoms with van der Waals surface area (Å²) in [6.07, 6.45) is 1.77. The van der Waals surface area contributed by atoms with Crippen molar-refractivity contribution in [1.82, 2.24) is 4.37 Å². The van der Waals surface area contributed by atoms with Gasteiger partial charge in [-0.3, -0.25) is 0 Å². The second-order valence-electron chi connectivity index (χ2n) is 0.688.